The predicted molar refractivity (Wildman–Crippen MR) is 57.9 cm³/mol. The maximum Gasteiger partial charge on any atom is 0.222 e. The van der Waals surface area contributed by atoms with Crippen LogP contribution in [0.2, 0.25) is 0 Å². The topological polar surface area (TPSA) is 107 Å². The molecule has 76 valence electrons. The van der Waals surface area contributed by atoms with E-state index in [-0.39, 0.29) is 12.5 Å². The molecular weight excluding hydrogens is 194 g/mol. The van der Waals surface area contributed by atoms with E-state index in [4.69, 9.17) is 11.5 Å². The van der Waals surface area contributed by atoms with E-state index in [1.807, 2.05) is 0 Å². The van der Waals surface area contributed by atoms with Gasteiger partial charge in [-0.1, -0.05) is 11.2 Å². The first-order chi connectivity index (χ1) is 7.20. The van der Waals surface area contributed by atoms with Gasteiger partial charge < -0.3 is 11.5 Å². The van der Waals surface area contributed by atoms with Crippen LogP contribution in [0.15, 0.2) is 23.4 Å². The SMILES string of the molecule is Nc1nc(N)c2cc(CN=O)ccc2n1. The van der Waals surface area contributed by atoms with Gasteiger partial charge >= 0.3 is 0 Å². The molecule has 0 aliphatic carbocycles. The molecule has 0 spiro atoms. The largest absolute Gasteiger partial charge is 0.383 e. The van der Waals surface area contributed by atoms with Crippen molar-refractivity contribution in [2.24, 2.45) is 5.18 Å². The first-order valence-electron chi connectivity index (χ1n) is 4.31. The van der Waals surface area contributed by atoms with Crippen LogP contribution in [-0.4, -0.2) is 9.97 Å². The van der Waals surface area contributed by atoms with Crippen molar-refractivity contribution in [3.05, 3.63) is 28.7 Å². The van der Waals surface area contributed by atoms with E-state index in [9.17, 15) is 4.91 Å². The number of aromatic nitrogens is 2. The molecule has 0 atom stereocenters. The molecule has 0 amide bonds. The molecule has 1 aromatic carbocycles. The van der Waals surface area contributed by atoms with Crippen molar-refractivity contribution in [1.29, 1.82) is 0 Å². The lowest BCUT2D eigenvalue weighted by Gasteiger charge is -2.03. The summed E-state index contributed by atoms with van der Waals surface area (Å²) in [6.07, 6.45) is 0. The van der Waals surface area contributed by atoms with Crippen LogP contribution >= 0.6 is 0 Å². The Morgan fingerprint density at radius 1 is 1.27 bits per heavy atom. The fraction of sp³-hybridized carbons (Fsp3) is 0.111. The van der Waals surface area contributed by atoms with Crippen molar-refractivity contribution >= 4 is 22.7 Å². The molecule has 0 radical (unpaired) electrons. The van der Waals surface area contributed by atoms with Crippen LogP contribution in [0.1, 0.15) is 5.56 Å². The minimum atomic E-state index is 0.111. The van der Waals surface area contributed by atoms with Gasteiger partial charge in [-0.15, -0.1) is 0 Å². The maximum absolute atomic E-state index is 10.1. The summed E-state index contributed by atoms with van der Waals surface area (Å²) >= 11 is 0. The molecule has 0 bridgehead atoms. The molecule has 0 fully saturated rings. The Morgan fingerprint density at radius 2 is 2.07 bits per heavy atom. The summed E-state index contributed by atoms with van der Waals surface area (Å²) in [6.45, 7) is 0.111. The van der Waals surface area contributed by atoms with Crippen molar-refractivity contribution in [3.8, 4) is 0 Å². The van der Waals surface area contributed by atoms with Crippen molar-refractivity contribution < 1.29 is 0 Å². The van der Waals surface area contributed by atoms with Crippen LogP contribution in [0.5, 0.6) is 0 Å². The van der Waals surface area contributed by atoms with Crippen molar-refractivity contribution in [3.63, 3.8) is 0 Å². The third-order valence-electron chi connectivity index (χ3n) is 2.05. The van der Waals surface area contributed by atoms with Crippen LogP contribution in [0.3, 0.4) is 0 Å². The lowest BCUT2D eigenvalue weighted by atomic mass is 10.1. The minimum Gasteiger partial charge on any atom is -0.383 e. The second-order valence-electron chi connectivity index (χ2n) is 3.11. The molecule has 0 saturated carbocycles. The quantitative estimate of drug-likeness (QED) is 0.709. The molecule has 0 aliphatic heterocycles. The monoisotopic (exact) mass is 203 g/mol. The maximum atomic E-state index is 10.1. The highest BCUT2D eigenvalue weighted by atomic mass is 16.3. The zero-order valence-electron chi connectivity index (χ0n) is 7.84. The standard InChI is InChI=1S/C9H9N5O/c10-8-6-3-5(4-12-15)1-2-7(6)13-9(11)14-8/h1-3H,4H2,(H4,10,11,13,14). The van der Waals surface area contributed by atoms with E-state index in [2.05, 4.69) is 15.1 Å². The van der Waals surface area contributed by atoms with Gasteiger partial charge in [0.2, 0.25) is 5.95 Å². The predicted octanol–water partition coefficient (Wildman–Crippen LogP) is 1.06. The summed E-state index contributed by atoms with van der Waals surface area (Å²) in [6, 6.07) is 5.24. The number of fused-ring (bicyclic) bond motifs is 1. The third-order valence-corrected chi connectivity index (χ3v) is 2.05. The highest BCUT2D eigenvalue weighted by molar-refractivity contribution is 5.89. The molecule has 0 aliphatic rings. The molecule has 15 heavy (non-hydrogen) atoms. The van der Waals surface area contributed by atoms with Crippen molar-refractivity contribution in [1.82, 2.24) is 9.97 Å². The van der Waals surface area contributed by atoms with Crippen LogP contribution in [0, 0.1) is 4.91 Å². The van der Waals surface area contributed by atoms with Gasteiger partial charge in [-0.25, -0.2) is 4.98 Å². The molecule has 4 N–H and O–H groups in total. The lowest BCUT2D eigenvalue weighted by molar-refractivity contribution is 1.06. The minimum absolute atomic E-state index is 0.111. The summed E-state index contributed by atoms with van der Waals surface area (Å²) in [4.78, 5) is 18.0. The van der Waals surface area contributed by atoms with Gasteiger partial charge in [0.25, 0.3) is 0 Å². The Kier molecular flexibility index (Phi) is 2.17. The Labute approximate surface area is 85.3 Å². The number of anilines is 2. The van der Waals surface area contributed by atoms with Crippen LogP contribution in [-0.2, 0) is 6.54 Å². The second-order valence-corrected chi connectivity index (χ2v) is 3.11. The first-order valence-corrected chi connectivity index (χ1v) is 4.31. The number of hydrogen-bond donors (Lipinski definition) is 2. The fourth-order valence-electron chi connectivity index (χ4n) is 1.39. The van der Waals surface area contributed by atoms with Crippen LogP contribution in [0.25, 0.3) is 10.9 Å². The van der Waals surface area contributed by atoms with Crippen LogP contribution < -0.4 is 11.5 Å². The summed E-state index contributed by atoms with van der Waals surface area (Å²) in [5, 5.41) is 3.49. The van der Waals surface area contributed by atoms with Gasteiger partial charge in [0.15, 0.2) is 0 Å². The average molecular weight is 203 g/mol. The van der Waals surface area contributed by atoms with Gasteiger partial charge in [-0.05, 0) is 17.7 Å². The third kappa shape index (κ3) is 1.69. The Hall–Kier alpha value is -2.24. The van der Waals surface area contributed by atoms with Gasteiger partial charge in [-0.3, -0.25) is 0 Å². The molecular formula is C9H9N5O. The molecule has 6 heteroatoms. The Bertz CT molecular complexity index is 525. The summed E-state index contributed by atoms with van der Waals surface area (Å²) in [5.41, 5.74) is 12.6. The van der Waals surface area contributed by atoms with Gasteiger partial charge in [0.1, 0.15) is 12.4 Å². The zero-order valence-corrected chi connectivity index (χ0v) is 7.84. The summed E-state index contributed by atoms with van der Waals surface area (Å²) in [7, 11) is 0. The van der Waals surface area contributed by atoms with E-state index in [1.54, 1.807) is 18.2 Å². The molecule has 0 unspecified atom stereocenters. The summed E-state index contributed by atoms with van der Waals surface area (Å²) in [5.74, 6) is 0.450. The van der Waals surface area contributed by atoms with Gasteiger partial charge in [0, 0.05) is 5.39 Å². The second kappa shape index (κ2) is 3.49. The highest BCUT2D eigenvalue weighted by Crippen LogP contribution is 2.20. The van der Waals surface area contributed by atoms with E-state index < -0.39 is 0 Å². The lowest BCUT2D eigenvalue weighted by Crippen LogP contribution is -2.00. The summed E-state index contributed by atoms with van der Waals surface area (Å²) < 4.78 is 0. The molecule has 2 aromatic rings. The molecule has 0 saturated heterocycles. The molecule has 6 nitrogen and oxygen atoms in total. The van der Waals surface area contributed by atoms with E-state index >= 15 is 0 Å². The zero-order chi connectivity index (χ0) is 10.8. The Morgan fingerprint density at radius 3 is 2.80 bits per heavy atom. The van der Waals surface area contributed by atoms with Gasteiger partial charge in [0.05, 0.1) is 5.52 Å². The van der Waals surface area contributed by atoms with Crippen molar-refractivity contribution in [2.45, 2.75) is 6.54 Å². The smallest absolute Gasteiger partial charge is 0.222 e. The number of rotatable bonds is 2. The Balaban J connectivity index is 2.65. The number of nitrogens with zero attached hydrogens (tertiary/aromatic N) is 3. The number of nitrogen functional groups attached to an aromatic ring is 2. The number of hydrogen-bond acceptors (Lipinski definition) is 6. The number of nitroso groups, excluding NO2 is 1. The average Bonchev–Trinajstić information content (AvgIpc) is 2.19. The van der Waals surface area contributed by atoms with E-state index in [1.165, 1.54) is 0 Å². The van der Waals surface area contributed by atoms with Crippen LogP contribution in [0.4, 0.5) is 11.8 Å². The van der Waals surface area contributed by atoms with E-state index in [0.717, 1.165) is 5.56 Å². The molecule has 2 rings (SSSR count). The number of benzene rings is 1. The fourth-order valence-corrected chi connectivity index (χ4v) is 1.39. The number of nitrogens with two attached hydrogens (primary N) is 2. The van der Waals surface area contributed by atoms with Gasteiger partial charge in [-0.2, -0.15) is 9.89 Å². The van der Waals surface area contributed by atoms with E-state index in [0.29, 0.717) is 16.7 Å². The highest BCUT2D eigenvalue weighted by Gasteiger charge is 2.04. The first kappa shape index (κ1) is 9.32. The molecule has 1 aromatic heterocycles. The molecule has 1 heterocycles. The normalized spacial score (nSPS) is 10.4. The van der Waals surface area contributed by atoms with Crippen molar-refractivity contribution in [2.75, 3.05) is 11.5 Å².